The summed E-state index contributed by atoms with van der Waals surface area (Å²) in [7, 11) is 0. The third-order valence-corrected chi connectivity index (χ3v) is 2.64. The van der Waals surface area contributed by atoms with E-state index in [-0.39, 0.29) is 6.61 Å². The summed E-state index contributed by atoms with van der Waals surface area (Å²) < 4.78 is 5.26. The molecule has 4 nitrogen and oxygen atoms in total. The molecule has 80 valence electrons. The van der Waals surface area contributed by atoms with Gasteiger partial charge in [-0.05, 0) is 11.1 Å². The molecule has 1 heterocycles. The van der Waals surface area contributed by atoms with Crippen LogP contribution in [-0.2, 0) is 16.1 Å². The average molecular weight is 208 g/mol. The van der Waals surface area contributed by atoms with E-state index in [1.54, 1.807) is 0 Å². The maximum Gasteiger partial charge on any atom is 0.333 e. The van der Waals surface area contributed by atoms with Crippen molar-refractivity contribution in [1.29, 1.82) is 0 Å². The Hall–Kier alpha value is -1.39. The second kappa shape index (κ2) is 4.00. The third-order valence-electron chi connectivity index (χ3n) is 2.64. The lowest BCUT2D eigenvalue weighted by Gasteiger charge is -2.27. The Morgan fingerprint density at radius 1 is 1.47 bits per heavy atom. The van der Waals surface area contributed by atoms with Gasteiger partial charge in [0, 0.05) is 5.92 Å². The highest BCUT2D eigenvalue weighted by Crippen LogP contribution is 2.29. The maximum absolute atomic E-state index is 10.7. The molecule has 2 N–H and O–H groups in total. The van der Waals surface area contributed by atoms with Crippen molar-refractivity contribution in [2.75, 3.05) is 6.61 Å². The van der Waals surface area contributed by atoms with Crippen molar-refractivity contribution in [2.24, 2.45) is 0 Å². The molecule has 0 bridgehead atoms. The van der Waals surface area contributed by atoms with Crippen LogP contribution >= 0.6 is 0 Å². The van der Waals surface area contributed by atoms with Crippen molar-refractivity contribution in [3.8, 4) is 0 Å². The first-order chi connectivity index (χ1) is 7.20. The van der Waals surface area contributed by atoms with Gasteiger partial charge in [-0.15, -0.1) is 0 Å². The van der Waals surface area contributed by atoms with Gasteiger partial charge in [-0.1, -0.05) is 24.3 Å². The molecular weight excluding hydrogens is 196 g/mol. The predicted molar refractivity (Wildman–Crippen MR) is 52.5 cm³/mol. The van der Waals surface area contributed by atoms with E-state index in [4.69, 9.17) is 9.84 Å². The Morgan fingerprint density at radius 3 is 2.93 bits per heavy atom. The number of benzene rings is 1. The van der Waals surface area contributed by atoms with Crippen LogP contribution < -0.4 is 0 Å². The van der Waals surface area contributed by atoms with Crippen molar-refractivity contribution >= 4 is 5.97 Å². The number of fused-ring (bicyclic) bond motifs is 1. The van der Waals surface area contributed by atoms with Crippen LogP contribution in [0.2, 0.25) is 0 Å². The Morgan fingerprint density at radius 2 is 2.20 bits per heavy atom. The Kier molecular flexibility index (Phi) is 2.70. The molecule has 0 aromatic heterocycles. The highest BCUT2D eigenvalue weighted by molar-refractivity contribution is 5.73. The fourth-order valence-corrected chi connectivity index (χ4v) is 1.85. The van der Waals surface area contributed by atoms with Crippen LogP contribution in [0.15, 0.2) is 24.3 Å². The SMILES string of the molecule is O=C(O)C(O)C1COCc2ccccc21. The lowest BCUT2D eigenvalue weighted by Crippen LogP contribution is -2.33. The number of aliphatic hydroxyl groups is 1. The van der Waals surface area contributed by atoms with Gasteiger partial charge < -0.3 is 14.9 Å². The van der Waals surface area contributed by atoms with E-state index in [1.165, 1.54) is 0 Å². The standard InChI is InChI=1S/C11H12O4/c12-10(11(13)14)9-6-15-5-7-3-1-2-4-8(7)9/h1-4,9-10,12H,5-6H2,(H,13,14). The van der Waals surface area contributed by atoms with Crippen molar-refractivity contribution in [3.63, 3.8) is 0 Å². The number of rotatable bonds is 2. The van der Waals surface area contributed by atoms with Crippen LogP contribution in [0.4, 0.5) is 0 Å². The second-order valence-electron chi connectivity index (χ2n) is 3.60. The van der Waals surface area contributed by atoms with Crippen LogP contribution in [0.5, 0.6) is 0 Å². The van der Waals surface area contributed by atoms with Gasteiger partial charge in [-0.3, -0.25) is 0 Å². The highest BCUT2D eigenvalue weighted by atomic mass is 16.5. The smallest absolute Gasteiger partial charge is 0.333 e. The fraction of sp³-hybridized carbons (Fsp3) is 0.364. The topological polar surface area (TPSA) is 66.8 Å². The lowest BCUT2D eigenvalue weighted by atomic mass is 9.89. The molecule has 0 saturated heterocycles. The molecule has 0 amide bonds. The minimum Gasteiger partial charge on any atom is -0.479 e. The molecule has 1 aliphatic rings. The number of carbonyl (C=O) groups is 1. The largest absolute Gasteiger partial charge is 0.479 e. The van der Waals surface area contributed by atoms with Crippen molar-refractivity contribution in [2.45, 2.75) is 18.6 Å². The molecule has 2 unspecified atom stereocenters. The molecule has 1 aromatic rings. The predicted octanol–water partition coefficient (Wildman–Crippen LogP) is 0.746. The normalized spacial score (nSPS) is 21.8. The average Bonchev–Trinajstić information content (AvgIpc) is 2.27. The molecule has 0 aliphatic carbocycles. The highest BCUT2D eigenvalue weighted by Gasteiger charge is 2.31. The zero-order chi connectivity index (χ0) is 10.8. The van der Waals surface area contributed by atoms with E-state index in [9.17, 15) is 9.90 Å². The number of ether oxygens (including phenoxy) is 1. The summed E-state index contributed by atoms with van der Waals surface area (Å²) >= 11 is 0. The number of hydrogen-bond donors (Lipinski definition) is 2. The molecule has 0 spiro atoms. The van der Waals surface area contributed by atoms with Crippen molar-refractivity contribution in [3.05, 3.63) is 35.4 Å². The molecule has 15 heavy (non-hydrogen) atoms. The number of carboxylic acid groups (broad SMARTS) is 1. The monoisotopic (exact) mass is 208 g/mol. The van der Waals surface area contributed by atoms with Crippen LogP contribution in [0.25, 0.3) is 0 Å². The first kappa shape index (κ1) is 10.1. The molecular formula is C11H12O4. The Bertz CT molecular complexity index is 375. The van der Waals surface area contributed by atoms with E-state index >= 15 is 0 Å². The Balaban J connectivity index is 2.33. The summed E-state index contributed by atoms with van der Waals surface area (Å²) in [5, 5.41) is 18.3. The number of aliphatic carboxylic acids is 1. The second-order valence-corrected chi connectivity index (χ2v) is 3.60. The van der Waals surface area contributed by atoms with Crippen molar-refractivity contribution < 1.29 is 19.7 Å². The lowest BCUT2D eigenvalue weighted by molar-refractivity contribution is -0.149. The van der Waals surface area contributed by atoms with E-state index in [1.807, 2.05) is 24.3 Å². The van der Waals surface area contributed by atoms with Gasteiger partial charge in [-0.25, -0.2) is 4.79 Å². The number of hydrogen-bond acceptors (Lipinski definition) is 3. The molecule has 2 atom stereocenters. The third kappa shape index (κ3) is 1.86. The Labute approximate surface area is 87.1 Å². The van der Waals surface area contributed by atoms with Gasteiger partial charge in [-0.2, -0.15) is 0 Å². The van der Waals surface area contributed by atoms with Gasteiger partial charge in [0.25, 0.3) is 0 Å². The molecule has 1 aliphatic heterocycles. The summed E-state index contributed by atoms with van der Waals surface area (Å²) in [6, 6.07) is 7.44. The first-order valence-electron chi connectivity index (χ1n) is 4.76. The first-order valence-corrected chi connectivity index (χ1v) is 4.76. The van der Waals surface area contributed by atoms with E-state index in [0.717, 1.165) is 11.1 Å². The van der Waals surface area contributed by atoms with Gasteiger partial charge in [0.15, 0.2) is 6.10 Å². The minimum absolute atomic E-state index is 0.254. The summed E-state index contributed by atoms with van der Waals surface area (Å²) in [6.45, 7) is 0.740. The quantitative estimate of drug-likeness (QED) is 0.752. The maximum atomic E-state index is 10.7. The van der Waals surface area contributed by atoms with Crippen LogP contribution in [0.3, 0.4) is 0 Å². The molecule has 0 fully saturated rings. The molecule has 2 rings (SSSR count). The summed E-state index contributed by atoms with van der Waals surface area (Å²) in [4.78, 5) is 10.7. The van der Waals surface area contributed by atoms with E-state index < -0.39 is 18.0 Å². The minimum atomic E-state index is -1.40. The van der Waals surface area contributed by atoms with Gasteiger partial charge >= 0.3 is 5.97 Å². The number of carboxylic acids is 1. The summed E-state index contributed by atoms with van der Waals surface area (Å²) in [6.07, 6.45) is -1.40. The van der Waals surface area contributed by atoms with Gasteiger partial charge in [0.05, 0.1) is 13.2 Å². The zero-order valence-corrected chi connectivity index (χ0v) is 8.09. The summed E-state index contributed by atoms with van der Waals surface area (Å²) in [5.41, 5.74) is 1.83. The van der Waals surface area contributed by atoms with Crippen LogP contribution in [-0.4, -0.2) is 28.9 Å². The van der Waals surface area contributed by atoms with Gasteiger partial charge in [0.1, 0.15) is 0 Å². The van der Waals surface area contributed by atoms with Crippen molar-refractivity contribution in [1.82, 2.24) is 0 Å². The van der Waals surface area contributed by atoms with Gasteiger partial charge in [0.2, 0.25) is 0 Å². The summed E-state index contributed by atoms with van der Waals surface area (Å²) in [5.74, 6) is -1.67. The van der Waals surface area contributed by atoms with Crippen LogP contribution in [0.1, 0.15) is 17.0 Å². The zero-order valence-electron chi connectivity index (χ0n) is 8.09. The molecule has 4 heteroatoms. The van der Waals surface area contributed by atoms with E-state index in [2.05, 4.69) is 0 Å². The molecule has 1 aromatic carbocycles. The fourth-order valence-electron chi connectivity index (χ4n) is 1.85. The molecule has 0 radical (unpaired) electrons. The number of aliphatic hydroxyl groups excluding tert-OH is 1. The van der Waals surface area contributed by atoms with Crippen LogP contribution in [0, 0.1) is 0 Å². The van der Waals surface area contributed by atoms with E-state index in [0.29, 0.717) is 6.61 Å². The molecule has 0 saturated carbocycles.